The minimum Gasteiger partial charge on any atom is -0.550 e. The zero-order chi connectivity index (χ0) is 11.5. The number of rotatable bonds is 3. The lowest BCUT2D eigenvalue weighted by atomic mass is 10.2. The van der Waals surface area contributed by atoms with Gasteiger partial charge in [-0.15, -0.1) is 11.8 Å². The summed E-state index contributed by atoms with van der Waals surface area (Å²) in [7, 11) is 0. The molecule has 1 amide bonds. The highest BCUT2D eigenvalue weighted by atomic mass is 32.2. The van der Waals surface area contributed by atoms with Gasteiger partial charge < -0.3 is 15.2 Å². The van der Waals surface area contributed by atoms with Gasteiger partial charge in [0.1, 0.15) is 0 Å². The molecule has 0 aromatic heterocycles. The van der Waals surface area contributed by atoms with Crippen molar-refractivity contribution in [3.63, 3.8) is 0 Å². The molecule has 84 valence electrons. The zero-order valence-electron chi connectivity index (χ0n) is 8.43. The monoisotopic (exact) mass is 236 g/mol. The SMILES string of the molecule is O=C([O-])CCC1Sc2ccccc2NC1=O. The van der Waals surface area contributed by atoms with E-state index in [9.17, 15) is 14.7 Å². The van der Waals surface area contributed by atoms with Crippen LogP contribution in [0.3, 0.4) is 0 Å². The van der Waals surface area contributed by atoms with Gasteiger partial charge >= 0.3 is 0 Å². The predicted octanol–water partition coefficient (Wildman–Crippen LogP) is 0.629. The highest BCUT2D eigenvalue weighted by molar-refractivity contribution is 8.01. The summed E-state index contributed by atoms with van der Waals surface area (Å²) in [6.45, 7) is 0. The third-order valence-electron chi connectivity index (χ3n) is 2.32. The lowest BCUT2D eigenvalue weighted by Gasteiger charge is -2.23. The molecule has 0 aliphatic carbocycles. The molecule has 4 nitrogen and oxygen atoms in total. The van der Waals surface area contributed by atoms with Crippen molar-refractivity contribution < 1.29 is 14.7 Å². The highest BCUT2D eigenvalue weighted by Crippen LogP contribution is 2.36. The molecule has 0 bridgehead atoms. The van der Waals surface area contributed by atoms with Crippen molar-refractivity contribution in [2.75, 3.05) is 5.32 Å². The molecule has 0 saturated heterocycles. The van der Waals surface area contributed by atoms with Gasteiger partial charge in [0.2, 0.25) is 5.91 Å². The first kappa shape index (κ1) is 11.0. The van der Waals surface area contributed by atoms with Gasteiger partial charge in [0.25, 0.3) is 0 Å². The quantitative estimate of drug-likeness (QED) is 0.835. The second-order valence-corrected chi connectivity index (χ2v) is 4.75. The van der Waals surface area contributed by atoms with Crippen LogP contribution in [0.1, 0.15) is 12.8 Å². The number of carboxylic acids is 1. The van der Waals surface area contributed by atoms with Crippen LogP contribution < -0.4 is 10.4 Å². The van der Waals surface area contributed by atoms with E-state index in [0.717, 1.165) is 10.6 Å². The molecule has 0 fully saturated rings. The van der Waals surface area contributed by atoms with E-state index in [0.29, 0.717) is 6.42 Å². The number of fused-ring (bicyclic) bond motifs is 1. The van der Waals surface area contributed by atoms with Gasteiger partial charge in [0.05, 0.1) is 10.9 Å². The van der Waals surface area contributed by atoms with Crippen molar-refractivity contribution in [2.45, 2.75) is 23.0 Å². The molecular weight excluding hydrogens is 226 g/mol. The Hall–Kier alpha value is -1.49. The Morgan fingerprint density at radius 1 is 1.44 bits per heavy atom. The van der Waals surface area contributed by atoms with Crippen LogP contribution in [0.4, 0.5) is 5.69 Å². The lowest BCUT2D eigenvalue weighted by Crippen LogP contribution is -2.31. The van der Waals surface area contributed by atoms with Gasteiger partial charge in [0.15, 0.2) is 0 Å². The molecule has 1 atom stereocenters. The van der Waals surface area contributed by atoms with E-state index >= 15 is 0 Å². The number of amides is 1. The lowest BCUT2D eigenvalue weighted by molar-refractivity contribution is -0.305. The third kappa shape index (κ3) is 2.36. The van der Waals surface area contributed by atoms with Crippen molar-refractivity contribution in [1.82, 2.24) is 0 Å². The van der Waals surface area contributed by atoms with Crippen molar-refractivity contribution in [2.24, 2.45) is 0 Å². The highest BCUT2D eigenvalue weighted by Gasteiger charge is 2.25. The average molecular weight is 236 g/mol. The summed E-state index contributed by atoms with van der Waals surface area (Å²) >= 11 is 1.40. The first-order chi connectivity index (χ1) is 7.66. The first-order valence-electron chi connectivity index (χ1n) is 4.93. The van der Waals surface area contributed by atoms with E-state index in [2.05, 4.69) is 5.32 Å². The van der Waals surface area contributed by atoms with Crippen LogP contribution >= 0.6 is 11.8 Å². The van der Waals surface area contributed by atoms with Crippen molar-refractivity contribution in [1.29, 1.82) is 0 Å². The summed E-state index contributed by atoms with van der Waals surface area (Å²) in [5.74, 6) is -1.25. The van der Waals surface area contributed by atoms with Crippen LogP contribution in [-0.4, -0.2) is 17.1 Å². The summed E-state index contributed by atoms with van der Waals surface area (Å²) in [6, 6.07) is 7.47. The second kappa shape index (κ2) is 4.57. The fraction of sp³-hybridized carbons (Fsp3) is 0.273. The van der Waals surface area contributed by atoms with E-state index in [-0.39, 0.29) is 17.6 Å². The number of para-hydroxylation sites is 1. The maximum atomic E-state index is 11.6. The molecule has 1 aliphatic heterocycles. The van der Waals surface area contributed by atoms with Gasteiger partial charge in [-0.2, -0.15) is 0 Å². The normalized spacial score (nSPS) is 18.8. The van der Waals surface area contributed by atoms with E-state index in [1.165, 1.54) is 11.8 Å². The van der Waals surface area contributed by atoms with Crippen molar-refractivity contribution in [3.05, 3.63) is 24.3 Å². The van der Waals surface area contributed by atoms with Crippen LogP contribution in [-0.2, 0) is 9.59 Å². The topological polar surface area (TPSA) is 69.2 Å². The Labute approximate surface area is 97.0 Å². The number of aliphatic carboxylic acids is 1. The molecule has 1 aliphatic rings. The van der Waals surface area contributed by atoms with Gasteiger partial charge in [0, 0.05) is 10.9 Å². The van der Waals surface area contributed by atoms with E-state index in [1.807, 2.05) is 24.3 Å². The molecule has 1 aromatic rings. The zero-order valence-corrected chi connectivity index (χ0v) is 9.25. The molecule has 16 heavy (non-hydrogen) atoms. The number of carbonyl (C=O) groups excluding carboxylic acids is 2. The Balaban J connectivity index is 2.09. The summed E-state index contributed by atoms with van der Waals surface area (Å²) in [4.78, 5) is 22.9. The number of nitrogens with one attached hydrogen (secondary N) is 1. The molecule has 0 spiro atoms. The predicted molar refractivity (Wildman–Crippen MR) is 59.0 cm³/mol. The van der Waals surface area contributed by atoms with Gasteiger partial charge in [-0.05, 0) is 25.0 Å². The van der Waals surface area contributed by atoms with E-state index in [1.54, 1.807) is 0 Å². The van der Waals surface area contributed by atoms with Crippen molar-refractivity contribution in [3.8, 4) is 0 Å². The van der Waals surface area contributed by atoms with Crippen LogP contribution in [0.15, 0.2) is 29.2 Å². The number of carbonyl (C=O) groups is 2. The number of carboxylic acid groups (broad SMARTS) is 1. The van der Waals surface area contributed by atoms with Crippen molar-refractivity contribution >= 4 is 29.3 Å². The largest absolute Gasteiger partial charge is 0.550 e. The molecular formula is C11H10NO3S-. The molecule has 0 saturated carbocycles. The molecule has 5 heteroatoms. The maximum absolute atomic E-state index is 11.6. The molecule has 2 rings (SSSR count). The van der Waals surface area contributed by atoms with Crippen LogP contribution in [0.25, 0.3) is 0 Å². The molecule has 1 aromatic carbocycles. The molecule has 1 unspecified atom stereocenters. The summed E-state index contributed by atoms with van der Waals surface area (Å²) in [6.07, 6.45) is 0.209. The second-order valence-electron chi connectivity index (χ2n) is 3.50. The van der Waals surface area contributed by atoms with E-state index in [4.69, 9.17) is 0 Å². The number of hydrogen-bond donors (Lipinski definition) is 1. The van der Waals surface area contributed by atoms with Gasteiger partial charge in [-0.25, -0.2) is 0 Å². The van der Waals surface area contributed by atoms with Crippen LogP contribution in [0, 0.1) is 0 Å². The fourth-order valence-corrected chi connectivity index (χ4v) is 2.64. The smallest absolute Gasteiger partial charge is 0.237 e. The summed E-state index contributed by atoms with van der Waals surface area (Å²) in [5.41, 5.74) is 0.794. The first-order valence-corrected chi connectivity index (χ1v) is 5.81. The Morgan fingerprint density at radius 3 is 2.94 bits per heavy atom. The molecule has 1 heterocycles. The Kier molecular flexibility index (Phi) is 3.14. The minimum absolute atomic E-state index is 0.0900. The summed E-state index contributed by atoms with van der Waals surface area (Å²) in [5, 5.41) is 12.8. The van der Waals surface area contributed by atoms with Gasteiger partial charge in [-0.3, -0.25) is 4.79 Å². The standard InChI is InChI=1S/C11H11NO3S/c13-10(14)6-5-9-11(15)12-7-3-1-2-4-8(7)16-9/h1-4,9H,5-6H2,(H,12,15)(H,13,14)/p-1. The Morgan fingerprint density at radius 2 is 2.19 bits per heavy atom. The maximum Gasteiger partial charge on any atom is 0.237 e. The Bertz CT molecular complexity index is 433. The fourth-order valence-electron chi connectivity index (χ4n) is 1.53. The van der Waals surface area contributed by atoms with Crippen LogP contribution in [0.2, 0.25) is 0 Å². The van der Waals surface area contributed by atoms with E-state index < -0.39 is 5.97 Å². The number of hydrogen-bond acceptors (Lipinski definition) is 4. The minimum atomic E-state index is -1.12. The van der Waals surface area contributed by atoms with Crippen LogP contribution in [0.5, 0.6) is 0 Å². The molecule has 0 radical (unpaired) electrons. The number of benzene rings is 1. The average Bonchev–Trinajstić information content (AvgIpc) is 2.26. The number of anilines is 1. The van der Waals surface area contributed by atoms with Gasteiger partial charge in [-0.1, -0.05) is 12.1 Å². The number of thioether (sulfide) groups is 1. The molecule has 1 N–H and O–H groups in total. The summed E-state index contributed by atoms with van der Waals surface area (Å²) < 4.78 is 0. The third-order valence-corrected chi connectivity index (χ3v) is 3.66.